The van der Waals surface area contributed by atoms with E-state index in [9.17, 15) is 0 Å². The van der Waals surface area contributed by atoms with Crippen LogP contribution in [0.15, 0.2) is 28.7 Å². The molecule has 3 nitrogen and oxygen atoms in total. The summed E-state index contributed by atoms with van der Waals surface area (Å²) in [5.74, 6) is 0. The third-order valence-electron chi connectivity index (χ3n) is 3.32. The summed E-state index contributed by atoms with van der Waals surface area (Å²) in [4.78, 5) is 0. The van der Waals surface area contributed by atoms with Crippen molar-refractivity contribution in [2.75, 3.05) is 6.54 Å². The standard InChI is InChI=1S/C15H20BrN3/c1-3-13-11(9-10-17)14(4-2)19(18-13)15-8-6-5-7-12(15)16/h5-8H,3-4,9-10,17H2,1-2H3. The molecule has 2 rings (SSSR count). The first-order valence-electron chi connectivity index (χ1n) is 6.77. The smallest absolute Gasteiger partial charge is 0.0790 e. The molecule has 1 aromatic carbocycles. The monoisotopic (exact) mass is 321 g/mol. The van der Waals surface area contributed by atoms with E-state index in [1.807, 2.05) is 18.2 Å². The Morgan fingerprint density at radius 3 is 2.53 bits per heavy atom. The zero-order chi connectivity index (χ0) is 13.8. The van der Waals surface area contributed by atoms with Gasteiger partial charge in [-0.1, -0.05) is 26.0 Å². The maximum Gasteiger partial charge on any atom is 0.0790 e. The fourth-order valence-electron chi connectivity index (χ4n) is 2.44. The quantitative estimate of drug-likeness (QED) is 0.918. The molecule has 1 heterocycles. The van der Waals surface area contributed by atoms with Gasteiger partial charge in [-0.15, -0.1) is 0 Å². The predicted molar refractivity (Wildman–Crippen MR) is 82.8 cm³/mol. The van der Waals surface area contributed by atoms with E-state index >= 15 is 0 Å². The molecule has 102 valence electrons. The van der Waals surface area contributed by atoms with Gasteiger partial charge < -0.3 is 5.73 Å². The van der Waals surface area contributed by atoms with E-state index in [1.54, 1.807) is 0 Å². The fourth-order valence-corrected chi connectivity index (χ4v) is 2.89. The third-order valence-corrected chi connectivity index (χ3v) is 3.99. The number of para-hydroxylation sites is 1. The molecule has 0 aliphatic carbocycles. The highest BCUT2D eigenvalue weighted by atomic mass is 79.9. The van der Waals surface area contributed by atoms with Crippen molar-refractivity contribution < 1.29 is 0 Å². The van der Waals surface area contributed by atoms with Gasteiger partial charge in [-0.05, 0) is 59.4 Å². The lowest BCUT2D eigenvalue weighted by Crippen LogP contribution is -2.07. The van der Waals surface area contributed by atoms with Crippen LogP contribution in [0.3, 0.4) is 0 Å². The number of halogens is 1. The van der Waals surface area contributed by atoms with Crippen LogP contribution in [0, 0.1) is 0 Å². The molecule has 0 saturated heterocycles. The van der Waals surface area contributed by atoms with Gasteiger partial charge in [0.05, 0.1) is 11.4 Å². The van der Waals surface area contributed by atoms with Gasteiger partial charge in [0.15, 0.2) is 0 Å². The van der Waals surface area contributed by atoms with Crippen molar-refractivity contribution in [1.29, 1.82) is 0 Å². The van der Waals surface area contributed by atoms with Crippen LogP contribution in [-0.2, 0) is 19.3 Å². The van der Waals surface area contributed by atoms with E-state index in [-0.39, 0.29) is 0 Å². The summed E-state index contributed by atoms with van der Waals surface area (Å²) in [6.07, 6.45) is 2.81. The van der Waals surface area contributed by atoms with Crippen LogP contribution in [0.1, 0.15) is 30.8 Å². The molecular formula is C15H20BrN3. The Balaban J connectivity index is 2.60. The summed E-state index contributed by atoms with van der Waals surface area (Å²) >= 11 is 3.61. The molecule has 0 amide bonds. The molecule has 2 N–H and O–H groups in total. The highest BCUT2D eigenvalue weighted by molar-refractivity contribution is 9.10. The molecule has 1 aromatic heterocycles. The minimum atomic E-state index is 0.668. The molecule has 4 heteroatoms. The second-order valence-corrected chi connectivity index (χ2v) is 5.34. The summed E-state index contributed by atoms with van der Waals surface area (Å²) < 4.78 is 3.13. The molecule has 19 heavy (non-hydrogen) atoms. The Morgan fingerprint density at radius 2 is 1.95 bits per heavy atom. The van der Waals surface area contributed by atoms with E-state index in [0.29, 0.717) is 6.54 Å². The first-order valence-corrected chi connectivity index (χ1v) is 7.56. The first-order chi connectivity index (χ1) is 9.22. The Morgan fingerprint density at radius 1 is 1.21 bits per heavy atom. The topological polar surface area (TPSA) is 43.8 Å². The second kappa shape index (κ2) is 6.35. The second-order valence-electron chi connectivity index (χ2n) is 4.48. The summed E-state index contributed by atoms with van der Waals surface area (Å²) in [7, 11) is 0. The number of rotatable bonds is 5. The van der Waals surface area contributed by atoms with E-state index < -0.39 is 0 Å². The number of hydrogen-bond donors (Lipinski definition) is 1. The van der Waals surface area contributed by atoms with Gasteiger partial charge in [0.25, 0.3) is 0 Å². The van der Waals surface area contributed by atoms with Crippen LogP contribution >= 0.6 is 15.9 Å². The van der Waals surface area contributed by atoms with Crippen molar-refractivity contribution in [3.05, 3.63) is 45.7 Å². The molecule has 0 radical (unpaired) electrons. The van der Waals surface area contributed by atoms with Crippen LogP contribution in [0.25, 0.3) is 5.69 Å². The zero-order valence-corrected chi connectivity index (χ0v) is 13.1. The Kier molecular flexibility index (Phi) is 4.77. The average Bonchev–Trinajstić information content (AvgIpc) is 2.77. The number of nitrogens with zero attached hydrogens (tertiary/aromatic N) is 2. The molecular weight excluding hydrogens is 302 g/mol. The van der Waals surface area contributed by atoms with Gasteiger partial charge in [-0.2, -0.15) is 5.10 Å². The molecule has 0 aliphatic heterocycles. The van der Waals surface area contributed by atoms with Crippen LogP contribution in [0.4, 0.5) is 0 Å². The van der Waals surface area contributed by atoms with Gasteiger partial charge >= 0.3 is 0 Å². The molecule has 0 unspecified atom stereocenters. The SMILES string of the molecule is CCc1nn(-c2ccccc2Br)c(CC)c1CCN. The van der Waals surface area contributed by atoms with E-state index in [0.717, 1.165) is 35.1 Å². The highest BCUT2D eigenvalue weighted by Gasteiger charge is 2.16. The number of aromatic nitrogens is 2. The van der Waals surface area contributed by atoms with Crippen LogP contribution in [-0.4, -0.2) is 16.3 Å². The minimum absolute atomic E-state index is 0.668. The molecule has 0 spiro atoms. The van der Waals surface area contributed by atoms with Gasteiger partial charge in [-0.3, -0.25) is 0 Å². The Hall–Kier alpha value is -1.13. The summed E-state index contributed by atoms with van der Waals surface area (Å²) in [5, 5.41) is 4.78. The van der Waals surface area contributed by atoms with Crippen molar-refractivity contribution in [3.63, 3.8) is 0 Å². The maximum atomic E-state index is 5.74. The van der Waals surface area contributed by atoms with Crippen molar-refractivity contribution in [1.82, 2.24) is 9.78 Å². The highest BCUT2D eigenvalue weighted by Crippen LogP contribution is 2.25. The summed E-state index contributed by atoms with van der Waals surface area (Å²) in [6, 6.07) is 8.19. The molecule has 2 aromatic rings. The summed E-state index contributed by atoms with van der Waals surface area (Å²) in [6.45, 7) is 4.98. The first kappa shape index (κ1) is 14.3. The average molecular weight is 322 g/mol. The number of hydrogen-bond acceptors (Lipinski definition) is 2. The number of benzene rings is 1. The van der Waals surface area contributed by atoms with Gasteiger partial charge in [0, 0.05) is 10.2 Å². The Labute approximate surface area is 122 Å². The van der Waals surface area contributed by atoms with E-state index in [4.69, 9.17) is 10.8 Å². The van der Waals surface area contributed by atoms with Crippen molar-refractivity contribution in [3.8, 4) is 5.69 Å². The van der Waals surface area contributed by atoms with Crippen molar-refractivity contribution >= 4 is 15.9 Å². The van der Waals surface area contributed by atoms with E-state index in [2.05, 4.69) is 40.5 Å². The van der Waals surface area contributed by atoms with Gasteiger partial charge in [-0.25, -0.2) is 4.68 Å². The fraction of sp³-hybridized carbons (Fsp3) is 0.400. The molecule has 0 fully saturated rings. The Bertz CT molecular complexity index is 561. The lowest BCUT2D eigenvalue weighted by Gasteiger charge is -2.09. The predicted octanol–water partition coefficient (Wildman–Crippen LogP) is 3.26. The number of nitrogens with two attached hydrogens (primary N) is 1. The van der Waals surface area contributed by atoms with Gasteiger partial charge in [0.1, 0.15) is 0 Å². The third kappa shape index (κ3) is 2.74. The molecule has 0 bridgehead atoms. The van der Waals surface area contributed by atoms with E-state index in [1.165, 1.54) is 11.3 Å². The lowest BCUT2D eigenvalue weighted by atomic mass is 10.1. The maximum absolute atomic E-state index is 5.74. The van der Waals surface area contributed by atoms with Gasteiger partial charge in [0.2, 0.25) is 0 Å². The molecule has 0 aliphatic rings. The van der Waals surface area contributed by atoms with Crippen LogP contribution in [0.5, 0.6) is 0 Å². The van der Waals surface area contributed by atoms with Crippen LogP contribution in [0.2, 0.25) is 0 Å². The summed E-state index contributed by atoms with van der Waals surface area (Å²) in [5.41, 5.74) is 10.6. The van der Waals surface area contributed by atoms with Crippen LogP contribution < -0.4 is 5.73 Å². The lowest BCUT2D eigenvalue weighted by molar-refractivity contribution is 0.789. The largest absolute Gasteiger partial charge is 0.330 e. The van der Waals surface area contributed by atoms with Crippen molar-refractivity contribution in [2.45, 2.75) is 33.1 Å². The zero-order valence-electron chi connectivity index (χ0n) is 11.5. The normalized spacial score (nSPS) is 10.9. The minimum Gasteiger partial charge on any atom is -0.330 e. The number of aryl methyl sites for hydroxylation is 1. The van der Waals surface area contributed by atoms with Crippen molar-refractivity contribution in [2.24, 2.45) is 5.73 Å². The molecule has 0 saturated carbocycles. The molecule has 0 atom stereocenters.